The molecule has 0 aromatic rings. The first-order valence-electron chi connectivity index (χ1n) is 6.57. The Morgan fingerprint density at radius 1 is 1.25 bits per heavy atom. The molecular weight excluding hydrogens is 222 g/mol. The number of piperidine rings is 1. The van der Waals surface area contributed by atoms with Gasteiger partial charge < -0.3 is 4.90 Å². The molecule has 2 rings (SSSR count). The summed E-state index contributed by atoms with van der Waals surface area (Å²) in [5.74, 6) is 2.71. The molecule has 16 heavy (non-hydrogen) atoms. The van der Waals surface area contributed by atoms with Gasteiger partial charge in [-0.05, 0) is 37.5 Å². The number of alkyl halides is 1. The summed E-state index contributed by atoms with van der Waals surface area (Å²) in [6, 6.07) is 0. The molecule has 1 saturated carbocycles. The van der Waals surface area contributed by atoms with Gasteiger partial charge >= 0.3 is 0 Å². The molecule has 0 aromatic heterocycles. The zero-order chi connectivity index (χ0) is 11.5. The zero-order valence-corrected chi connectivity index (χ0v) is 10.9. The molecule has 2 aliphatic rings. The lowest BCUT2D eigenvalue weighted by Crippen LogP contribution is -2.42. The van der Waals surface area contributed by atoms with Crippen molar-refractivity contribution in [3.8, 4) is 0 Å². The second-order valence-corrected chi connectivity index (χ2v) is 5.75. The second-order valence-electron chi connectivity index (χ2n) is 5.44. The number of hydrogen-bond donors (Lipinski definition) is 0. The second kappa shape index (κ2) is 5.39. The average Bonchev–Trinajstić information content (AvgIpc) is 2.75. The molecule has 92 valence electrons. The summed E-state index contributed by atoms with van der Waals surface area (Å²) in [5.41, 5.74) is 0. The van der Waals surface area contributed by atoms with E-state index < -0.39 is 0 Å². The molecule has 0 radical (unpaired) electrons. The highest BCUT2D eigenvalue weighted by Crippen LogP contribution is 2.33. The lowest BCUT2D eigenvalue weighted by atomic mass is 9.93. The van der Waals surface area contributed by atoms with Crippen LogP contribution in [0.5, 0.6) is 0 Å². The van der Waals surface area contributed by atoms with Crippen molar-refractivity contribution in [3.63, 3.8) is 0 Å². The van der Waals surface area contributed by atoms with Crippen LogP contribution in [0.4, 0.5) is 0 Å². The monoisotopic (exact) mass is 243 g/mol. The predicted octanol–water partition coefficient (Wildman–Crippen LogP) is 2.90. The van der Waals surface area contributed by atoms with E-state index in [1.165, 1.54) is 12.8 Å². The summed E-state index contributed by atoms with van der Waals surface area (Å²) >= 11 is 5.85. The molecule has 2 unspecified atom stereocenters. The highest BCUT2D eigenvalue weighted by molar-refractivity contribution is 6.18. The number of halogens is 1. The van der Waals surface area contributed by atoms with Crippen LogP contribution < -0.4 is 0 Å². The Morgan fingerprint density at radius 2 is 1.94 bits per heavy atom. The lowest BCUT2D eigenvalue weighted by molar-refractivity contribution is -0.137. The first-order valence-corrected chi connectivity index (χ1v) is 7.10. The van der Waals surface area contributed by atoms with Gasteiger partial charge in [0.15, 0.2) is 0 Å². The minimum absolute atomic E-state index is 0.313. The normalized spacial score (nSPS) is 32.0. The van der Waals surface area contributed by atoms with Crippen molar-refractivity contribution in [2.45, 2.75) is 39.0 Å². The van der Waals surface area contributed by atoms with Crippen molar-refractivity contribution in [2.24, 2.45) is 17.8 Å². The van der Waals surface area contributed by atoms with Crippen molar-refractivity contribution < 1.29 is 4.79 Å². The zero-order valence-electron chi connectivity index (χ0n) is 10.1. The van der Waals surface area contributed by atoms with E-state index >= 15 is 0 Å². The van der Waals surface area contributed by atoms with Crippen LogP contribution in [0.1, 0.15) is 39.0 Å². The van der Waals surface area contributed by atoms with Crippen molar-refractivity contribution in [2.75, 3.05) is 19.0 Å². The van der Waals surface area contributed by atoms with Crippen molar-refractivity contribution >= 4 is 17.5 Å². The van der Waals surface area contributed by atoms with E-state index in [9.17, 15) is 4.79 Å². The van der Waals surface area contributed by atoms with Gasteiger partial charge in [-0.1, -0.05) is 13.3 Å². The van der Waals surface area contributed by atoms with Gasteiger partial charge in [-0.3, -0.25) is 4.79 Å². The fraction of sp³-hybridized carbons (Fsp3) is 0.923. The third kappa shape index (κ3) is 2.53. The average molecular weight is 244 g/mol. The van der Waals surface area contributed by atoms with Gasteiger partial charge in [-0.2, -0.15) is 0 Å². The highest BCUT2D eigenvalue weighted by atomic mass is 35.5. The summed E-state index contributed by atoms with van der Waals surface area (Å²) in [4.78, 5) is 14.4. The summed E-state index contributed by atoms with van der Waals surface area (Å²) in [6.45, 7) is 4.08. The quantitative estimate of drug-likeness (QED) is 0.683. The van der Waals surface area contributed by atoms with E-state index in [4.69, 9.17) is 11.6 Å². The molecule has 2 atom stereocenters. The van der Waals surface area contributed by atoms with Crippen LogP contribution in [0, 0.1) is 17.8 Å². The van der Waals surface area contributed by atoms with E-state index in [0.29, 0.717) is 23.7 Å². The van der Waals surface area contributed by atoms with E-state index in [0.717, 1.165) is 38.2 Å². The molecule has 3 heteroatoms. The van der Waals surface area contributed by atoms with E-state index in [2.05, 4.69) is 11.8 Å². The Hall–Kier alpha value is -0.240. The number of nitrogens with zero attached hydrogens (tertiary/aromatic N) is 1. The van der Waals surface area contributed by atoms with Gasteiger partial charge in [0.1, 0.15) is 0 Å². The maximum absolute atomic E-state index is 12.3. The molecule has 2 fully saturated rings. The Bertz CT molecular complexity index is 248. The molecule has 1 saturated heterocycles. The fourth-order valence-corrected chi connectivity index (χ4v) is 3.36. The molecule has 1 heterocycles. The number of likely N-dealkylation sites (tertiary alicyclic amines) is 1. The maximum atomic E-state index is 12.3. The van der Waals surface area contributed by atoms with E-state index in [1.54, 1.807) is 0 Å². The first kappa shape index (κ1) is 12.2. The smallest absolute Gasteiger partial charge is 0.225 e. The van der Waals surface area contributed by atoms with E-state index in [-0.39, 0.29) is 0 Å². The molecule has 0 N–H and O–H groups in total. The molecule has 1 amide bonds. The third-order valence-corrected chi connectivity index (χ3v) is 4.76. The minimum atomic E-state index is 0.313. The number of hydrogen-bond acceptors (Lipinski definition) is 1. The van der Waals surface area contributed by atoms with Gasteiger partial charge in [-0.15, -0.1) is 11.6 Å². The van der Waals surface area contributed by atoms with E-state index in [1.807, 2.05) is 0 Å². The van der Waals surface area contributed by atoms with Crippen LogP contribution in [-0.4, -0.2) is 29.8 Å². The molecule has 1 aliphatic carbocycles. The van der Waals surface area contributed by atoms with Gasteiger partial charge in [0.05, 0.1) is 0 Å². The van der Waals surface area contributed by atoms with Crippen LogP contribution in [0.2, 0.25) is 0 Å². The first-order chi connectivity index (χ1) is 7.72. The van der Waals surface area contributed by atoms with Gasteiger partial charge in [0, 0.05) is 24.9 Å². The number of carbonyl (C=O) groups is 1. The van der Waals surface area contributed by atoms with Crippen LogP contribution >= 0.6 is 11.6 Å². The van der Waals surface area contributed by atoms with Crippen LogP contribution in [0.25, 0.3) is 0 Å². The summed E-state index contributed by atoms with van der Waals surface area (Å²) in [7, 11) is 0. The van der Waals surface area contributed by atoms with Gasteiger partial charge in [-0.25, -0.2) is 0 Å². The van der Waals surface area contributed by atoms with Crippen molar-refractivity contribution in [3.05, 3.63) is 0 Å². The Kier molecular flexibility index (Phi) is 4.12. The number of amides is 1. The summed E-state index contributed by atoms with van der Waals surface area (Å²) in [6.07, 6.45) is 5.76. The largest absolute Gasteiger partial charge is 0.342 e. The topological polar surface area (TPSA) is 20.3 Å². The molecule has 0 spiro atoms. The van der Waals surface area contributed by atoms with Crippen LogP contribution in [-0.2, 0) is 4.79 Å². The molecule has 2 nitrogen and oxygen atoms in total. The maximum Gasteiger partial charge on any atom is 0.225 e. The number of carbonyl (C=O) groups excluding carboxylic acids is 1. The predicted molar refractivity (Wildman–Crippen MR) is 66.5 cm³/mol. The molecule has 1 aliphatic heterocycles. The Morgan fingerprint density at radius 3 is 2.44 bits per heavy atom. The summed E-state index contributed by atoms with van der Waals surface area (Å²) < 4.78 is 0. The molecular formula is C13H22ClNO. The highest BCUT2D eigenvalue weighted by Gasteiger charge is 2.34. The minimum Gasteiger partial charge on any atom is -0.342 e. The van der Waals surface area contributed by atoms with Crippen molar-refractivity contribution in [1.82, 2.24) is 4.90 Å². The van der Waals surface area contributed by atoms with Crippen LogP contribution in [0.15, 0.2) is 0 Å². The molecule has 0 bridgehead atoms. The molecule has 0 aromatic carbocycles. The van der Waals surface area contributed by atoms with Crippen LogP contribution in [0.3, 0.4) is 0 Å². The Labute approximate surface area is 103 Å². The summed E-state index contributed by atoms with van der Waals surface area (Å²) in [5, 5.41) is 0. The third-order valence-electron chi connectivity index (χ3n) is 4.32. The van der Waals surface area contributed by atoms with Crippen molar-refractivity contribution in [1.29, 1.82) is 0 Å². The fourth-order valence-electron chi connectivity index (χ4n) is 3.05. The standard InChI is InChI=1S/C13H22ClNO/c1-10-3-2-4-12(10)13(16)15-7-5-11(9-14)6-8-15/h10-12H,2-9H2,1H3. The SMILES string of the molecule is CC1CCCC1C(=O)N1CCC(CCl)CC1. The van der Waals surface area contributed by atoms with Gasteiger partial charge in [0.2, 0.25) is 5.91 Å². The lowest BCUT2D eigenvalue weighted by Gasteiger charge is -2.33. The number of rotatable bonds is 2. The Balaban J connectivity index is 1.86. The van der Waals surface area contributed by atoms with Gasteiger partial charge in [0.25, 0.3) is 0 Å².